The largest absolute Gasteiger partial charge is 0.493 e. The second kappa shape index (κ2) is 14.6. The lowest BCUT2D eigenvalue weighted by molar-refractivity contribution is -0.118. The number of thioether (sulfide) groups is 1. The van der Waals surface area contributed by atoms with Crippen molar-refractivity contribution in [2.45, 2.75) is 32.1 Å². The Labute approximate surface area is 218 Å². The Balaban J connectivity index is 1.46. The molecule has 2 N–H and O–H groups in total. The highest BCUT2D eigenvalue weighted by Gasteiger charge is 2.19. The Kier molecular flexibility index (Phi) is 11.3. The first-order valence-corrected chi connectivity index (χ1v) is 13.4. The zero-order valence-electron chi connectivity index (χ0n) is 21.6. The molecule has 3 rings (SSSR count). The predicted molar refractivity (Wildman–Crippen MR) is 146 cm³/mol. The van der Waals surface area contributed by atoms with E-state index in [9.17, 15) is 4.79 Å². The number of amides is 1. The molecule has 0 aliphatic heterocycles. The van der Waals surface area contributed by atoms with Gasteiger partial charge in [-0.15, -0.1) is 22.0 Å². The van der Waals surface area contributed by atoms with Crippen LogP contribution in [0.15, 0.2) is 59.0 Å². The SMILES string of the molecule is CC(C)CC(NCCN(C)C)C(=O)Nc1ccc(-c2nnc(CSCCOc3ccccc3)o2)cc1. The maximum absolute atomic E-state index is 12.9. The molecule has 0 fully saturated rings. The van der Waals surface area contributed by atoms with E-state index in [1.54, 1.807) is 11.8 Å². The first-order chi connectivity index (χ1) is 17.4. The van der Waals surface area contributed by atoms with Crippen LogP contribution in [-0.2, 0) is 10.5 Å². The van der Waals surface area contributed by atoms with Crippen LogP contribution < -0.4 is 15.4 Å². The maximum atomic E-state index is 12.9. The van der Waals surface area contributed by atoms with Crippen molar-refractivity contribution in [2.24, 2.45) is 5.92 Å². The summed E-state index contributed by atoms with van der Waals surface area (Å²) >= 11 is 1.68. The Hall–Kier alpha value is -2.88. The maximum Gasteiger partial charge on any atom is 0.247 e. The number of carbonyl (C=O) groups excluding carboxylic acids is 1. The van der Waals surface area contributed by atoms with Gasteiger partial charge in [0, 0.05) is 30.1 Å². The Morgan fingerprint density at radius 3 is 2.53 bits per heavy atom. The molecule has 36 heavy (non-hydrogen) atoms. The molecule has 3 aromatic rings. The molecule has 8 nitrogen and oxygen atoms in total. The van der Waals surface area contributed by atoms with Gasteiger partial charge in [0.25, 0.3) is 0 Å². The normalized spacial score (nSPS) is 12.2. The quantitative estimate of drug-likeness (QED) is 0.287. The van der Waals surface area contributed by atoms with Crippen LogP contribution in [0, 0.1) is 5.92 Å². The van der Waals surface area contributed by atoms with Gasteiger partial charge < -0.3 is 24.7 Å². The molecular formula is C27H37N5O3S. The summed E-state index contributed by atoms with van der Waals surface area (Å²) < 4.78 is 11.5. The zero-order chi connectivity index (χ0) is 25.8. The lowest BCUT2D eigenvalue weighted by atomic mass is 10.0. The highest BCUT2D eigenvalue weighted by Crippen LogP contribution is 2.22. The fraction of sp³-hybridized carbons (Fsp3) is 0.444. The number of nitrogens with one attached hydrogen (secondary N) is 2. The fourth-order valence-electron chi connectivity index (χ4n) is 3.47. The molecule has 0 spiro atoms. The topological polar surface area (TPSA) is 92.5 Å². The van der Waals surface area contributed by atoms with Crippen molar-refractivity contribution in [3.8, 4) is 17.2 Å². The number of carbonyl (C=O) groups is 1. The van der Waals surface area contributed by atoms with E-state index < -0.39 is 0 Å². The fourth-order valence-corrected chi connectivity index (χ4v) is 4.10. The summed E-state index contributed by atoms with van der Waals surface area (Å²) in [5.74, 6) is 3.74. The highest BCUT2D eigenvalue weighted by atomic mass is 32.2. The number of likely N-dealkylation sites (N-methyl/N-ethyl adjacent to an activating group) is 1. The molecule has 0 aliphatic rings. The summed E-state index contributed by atoms with van der Waals surface area (Å²) in [6.45, 7) is 6.50. The first-order valence-electron chi connectivity index (χ1n) is 12.3. The van der Waals surface area contributed by atoms with Gasteiger partial charge in [-0.25, -0.2) is 0 Å². The third-order valence-corrected chi connectivity index (χ3v) is 6.21. The summed E-state index contributed by atoms with van der Waals surface area (Å²) in [5, 5.41) is 14.7. The number of nitrogens with zero attached hydrogens (tertiary/aromatic N) is 3. The van der Waals surface area contributed by atoms with E-state index in [1.807, 2.05) is 68.7 Å². The van der Waals surface area contributed by atoms with Crippen LogP contribution in [0.4, 0.5) is 5.69 Å². The molecular weight excluding hydrogens is 474 g/mol. The standard InChI is InChI=1S/C27H37N5O3S/c1-20(2)18-24(28-14-15-32(3)4)26(33)29-22-12-10-21(11-13-22)27-31-30-25(35-27)19-36-17-16-34-23-8-6-5-7-9-23/h5-13,20,24,28H,14-19H2,1-4H3,(H,29,33). The van der Waals surface area contributed by atoms with Crippen molar-refractivity contribution in [1.29, 1.82) is 0 Å². The number of benzene rings is 2. The monoisotopic (exact) mass is 511 g/mol. The number of anilines is 1. The molecule has 2 aromatic carbocycles. The first kappa shape index (κ1) is 27.7. The van der Waals surface area contributed by atoms with Gasteiger partial charge >= 0.3 is 0 Å². The summed E-state index contributed by atoms with van der Waals surface area (Å²) in [7, 11) is 4.04. The number of ether oxygens (including phenoxy) is 1. The Morgan fingerprint density at radius 2 is 1.83 bits per heavy atom. The van der Waals surface area contributed by atoms with Crippen molar-refractivity contribution >= 4 is 23.4 Å². The minimum atomic E-state index is -0.237. The molecule has 1 amide bonds. The predicted octanol–water partition coefficient (Wildman–Crippen LogP) is 4.55. The van der Waals surface area contributed by atoms with Crippen LogP contribution in [0.5, 0.6) is 5.75 Å². The van der Waals surface area contributed by atoms with Gasteiger partial charge in [0.2, 0.25) is 17.7 Å². The van der Waals surface area contributed by atoms with Gasteiger partial charge in [-0.3, -0.25) is 4.79 Å². The number of hydrogen-bond donors (Lipinski definition) is 2. The van der Waals surface area contributed by atoms with Crippen molar-refractivity contribution in [3.05, 3.63) is 60.5 Å². The number of rotatable bonds is 15. The minimum absolute atomic E-state index is 0.0245. The van der Waals surface area contributed by atoms with Crippen molar-refractivity contribution < 1.29 is 13.9 Å². The molecule has 0 bridgehead atoms. The van der Waals surface area contributed by atoms with E-state index in [-0.39, 0.29) is 11.9 Å². The van der Waals surface area contributed by atoms with E-state index in [1.165, 1.54) is 0 Å². The van der Waals surface area contributed by atoms with Crippen LogP contribution in [0.3, 0.4) is 0 Å². The number of aromatic nitrogens is 2. The van der Waals surface area contributed by atoms with Gasteiger partial charge in [-0.2, -0.15) is 0 Å². The van der Waals surface area contributed by atoms with Crippen LogP contribution in [0.1, 0.15) is 26.2 Å². The molecule has 0 radical (unpaired) electrons. The molecule has 194 valence electrons. The molecule has 1 heterocycles. The number of para-hydroxylation sites is 1. The molecule has 9 heteroatoms. The third kappa shape index (κ3) is 9.64. The van der Waals surface area contributed by atoms with Gasteiger partial charge in [0.05, 0.1) is 18.4 Å². The lowest BCUT2D eigenvalue weighted by Crippen LogP contribution is -2.43. The smallest absolute Gasteiger partial charge is 0.247 e. The summed E-state index contributed by atoms with van der Waals surface area (Å²) in [5.41, 5.74) is 1.55. The summed E-state index contributed by atoms with van der Waals surface area (Å²) in [4.78, 5) is 15.0. The second-order valence-corrected chi connectivity index (χ2v) is 10.3. The van der Waals surface area contributed by atoms with Gasteiger partial charge in [-0.05, 0) is 62.8 Å². The van der Waals surface area contributed by atoms with Crippen molar-refractivity contribution in [3.63, 3.8) is 0 Å². The van der Waals surface area contributed by atoms with Crippen LogP contribution in [0.2, 0.25) is 0 Å². The van der Waals surface area contributed by atoms with E-state index in [4.69, 9.17) is 9.15 Å². The average Bonchev–Trinajstić information content (AvgIpc) is 3.33. The van der Waals surface area contributed by atoms with Gasteiger partial charge in [-0.1, -0.05) is 32.0 Å². The molecule has 1 atom stereocenters. The lowest BCUT2D eigenvalue weighted by Gasteiger charge is -2.21. The summed E-state index contributed by atoms with van der Waals surface area (Å²) in [6.07, 6.45) is 0.776. The zero-order valence-corrected chi connectivity index (χ0v) is 22.4. The summed E-state index contributed by atoms with van der Waals surface area (Å²) in [6, 6.07) is 17.0. The van der Waals surface area contributed by atoms with Crippen LogP contribution >= 0.6 is 11.8 Å². The Bertz CT molecular complexity index is 1040. The molecule has 0 saturated carbocycles. The van der Waals surface area contributed by atoms with E-state index >= 15 is 0 Å². The van der Waals surface area contributed by atoms with Crippen molar-refractivity contribution in [2.75, 3.05) is 44.9 Å². The molecule has 0 saturated heterocycles. The highest BCUT2D eigenvalue weighted by molar-refractivity contribution is 7.98. The molecule has 0 aliphatic carbocycles. The van der Waals surface area contributed by atoms with Gasteiger partial charge in [0.15, 0.2) is 0 Å². The minimum Gasteiger partial charge on any atom is -0.493 e. The Morgan fingerprint density at radius 1 is 1.08 bits per heavy atom. The van der Waals surface area contributed by atoms with Crippen LogP contribution in [-0.4, -0.2) is 66.6 Å². The average molecular weight is 512 g/mol. The van der Waals surface area contributed by atoms with Gasteiger partial charge in [0.1, 0.15) is 5.75 Å². The third-order valence-electron chi connectivity index (χ3n) is 5.30. The second-order valence-electron chi connectivity index (χ2n) is 9.22. The molecule has 1 aromatic heterocycles. The van der Waals surface area contributed by atoms with Crippen molar-refractivity contribution in [1.82, 2.24) is 20.4 Å². The van der Waals surface area contributed by atoms with Crippen LogP contribution in [0.25, 0.3) is 11.5 Å². The number of hydrogen-bond acceptors (Lipinski definition) is 8. The van der Waals surface area contributed by atoms with E-state index in [0.29, 0.717) is 30.1 Å². The van der Waals surface area contributed by atoms with E-state index in [2.05, 4.69) is 39.6 Å². The molecule has 1 unspecified atom stereocenters. The van der Waals surface area contributed by atoms with E-state index in [0.717, 1.165) is 42.3 Å².